The molecule has 38 heavy (non-hydrogen) atoms. The predicted octanol–water partition coefficient (Wildman–Crippen LogP) is 8.85. The maximum absolute atomic E-state index is 5.08. The van der Waals surface area contributed by atoms with Gasteiger partial charge in [-0.2, -0.15) is 0 Å². The molecule has 0 amide bonds. The first-order chi connectivity index (χ1) is 18.8. The Hall–Kier alpha value is -5.15. The monoisotopic (exact) mass is 485 g/mol. The summed E-state index contributed by atoms with van der Waals surface area (Å²) in [7, 11) is 0. The lowest BCUT2D eigenvalue weighted by molar-refractivity contribution is 1.18. The molecule has 0 saturated carbocycles. The van der Waals surface area contributed by atoms with Crippen molar-refractivity contribution < 1.29 is 0 Å². The van der Waals surface area contributed by atoms with E-state index in [9.17, 15) is 0 Å². The maximum atomic E-state index is 5.08. The van der Waals surface area contributed by atoms with Crippen LogP contribution >= 0.6 is 0 Å². The topological polar surface area (TPSA) is 38.7 Å². The van der Waals surface area contributed by atoms with Crippen molar-refractivity contribution in [2.45, 2.75) is 0 Å². The van der Waals surface area contributed by atoms with Crippen LogP contribution in [0.5, 0.6) is 0 Å². The van der Waals surface area contributed by atoms with Gasteiger partial charge in [-0.3, -0.25) is 4.98 Å². The third-order valence-electron chi connectivity index (χ3n) is 6.95. The van der Waals surface area contributed by atoms with Gasteiger partial charge in [-0.1, -0.05) is 121 Å². The summed E-state index contributed by atoms with van der Waals surface area (Å²) < 4.78 is 0. The average molecular weight is 486 g/mol. The van der Waals surface area contributed by atoms with Gasteiger partial charge >= 0.3 is 0 Å². The summed E-state index contributed by atoms with van der Waals surface area (Å²) in [5.74, 6) is 0.701. The SMILES string of the molecule is c1ccc(-c2cc(-c3cccc4ccccc34)nc(-c3ccc(-c4nccc5ccccc45)cc3)n2)cc1. The molecule has 0 radical (unpaired) electrons. The van der Waals surface area contributed by atoms with Crippen LogP contribution in [0.2, 0.25) is 0 Å². The van der Waals surface area contributed by atoms with E-state index in [1.807, 2.05) is 30.5 Å². The fourth-order valence-electron chi connectivity index (χ4n) is 5.05. The Morgan fingerprint density at radius 1 is 0.421 bits per heavy atom. The summed E-state index contributed by atoms with van der Waals surface area (Å²) >= 11 is 0. The molecule has 0 aliphatic carbocycles. The third-order valence-corrected chi connectivity index (χ3v) is 6.95. The van der Waals surface area contributed by atoms with Crippen molar-refractivity contribution in [3.05, 3.63) is 140 Å². The van der Waals surface area contributed by atoms with Gasteiger partial charge in [-0.15, -0.1) is 0 Å². The van der Waals surface area contributed by atoms with Crippen molar-refractivity contribution in [2.75, 3.05) is 0 Å². The van der Waals surface area contributed by atoms with Gasteiger partial charge in [0.25, 0.3) is 0 Å². The van der Waals surface area contributed by atoms with Crippen molar-refractivity contribution in [1.29, 1.82) is 0 Å². The van der Waals surface area contributed by atoms with E-state index in [1.54, 1.807) is 0 Å². The zero-order valence-electron chi connectivity index (χ0n) is 20.6. The summed E-state index contributed by atoms with van der Waals surface area (Å²) in [6.45, 7) is 0. The first-order valence-electron chi connectivity index (χ1n) is 12.7. The Balaban J connectivity index is 1.37. The largest absolute Gasteiger partial charge is 0.256 e. The molecule has 0 atom stereocenters. The van der Waals surface area contributed by atoms with E-state index in [4.69, 9.17) is 9.97 Å². The summed E-state index contributed by atoms with van der Waals surface area (Å²) in [5.41, 5.74) is 6.98. The van der Waals surface area contributed by atoms with Gasteiger partial charge in [0, 0.05) is 33.8 Å². The highest BCUT2D eigenvalue weighted by Gasteiger charge is 2.13. The number of nitrogens with zero attached hydrogens (tertiary/aromatic N) is 3. The van der Waals surface area contributed by atoms with E-state index in [-0.39, 0.29) is 0 Å². The van der Waals surface area contributed by atoms with Crippen LogP contribution in [-0.4, -0.2) is 15.0 Å². The van der Waals surface area contributed by atoms with E-state index >= 15 is 0 Å². The van der Waals surface area contributed by atoms with Crippen molar-refractivity contribution in [3.8, 4) is 45.2 Å². The number of pyridine rings is 1. The summed E-state index contributed by atoms with van der Waals surface area (Å²) in [4.78, 5) is 14.8. The summed E-state index contributed by atoms with van der Waals surface area (Å²) in [5, 5.41) is 4.69. The van der Waals surface area contributed by atoms with Crippen molar-refractivity contribution in [3.63, 3.8) is 0 Å². The molecule has 2 heterocycles. The predicted molar refractivity (Wildman–Crippen MR) is 157 cm³/mol. The van der Waals surface area contributed by atoms with Gasteiger partial charge < -0.3 is 0 Å². The van der Waals surface area contributed by atoms with Gasteiger partial charge in [0.05, 0.1) is 17.1 Å². The first kappa shape index (κ1) is 22.1. The zero-order chi connectivity index (χ0) is 25.3. The highest BCUT2D eigenvalue weighted by molar-refractivity contribution is 5.97. The summed E-state index contributed by atoms with van der Waals surface area (Å²) in [6, 6.07) is 46.0. The van der Waals surface area contributed by atoms with Crippen molar-refractivity contribution in [2.24, 2.45) is 0 Å². The number of fused-ring (bicyclic) bond motifs is 2. The van der Waals surface area contributed by atoms with Gasteiger partial charge in [0.15, 0.2) is 5.82 Å². The minimum absolute atomic E-state index is 0.701. The van der Waals surface area contributed by atoms with E-state index in [0.717, 1.165) is 44.7 Å². The molecule has 0 unspecified atom stereocenters. The van der Waals surface area contributed by atoms with Crippen LogP contribution < -0.4 is 0 Å². The van der Waals surface area contributed by atoms with Crippen LogP contribution in [0, 0.1) is 0 Å². The molecule has 7 rings (SSSR count). The number of rotatable bonds is 4. The average Bonchev–Trinajstić information content (AvgIpc) is 3.01. The second-order valence-electron chi connectivity index (χ2n) is 9.31. The molecule has 3 nitrogen and oxygen atoms in total. The van der Waals surface area contributed by atoms with E-state index in [0.29, 0.717) is 5.82 Å². The molecule has 0 spiro atoms. The first-order valence-corrected chi connectivity index (χ1v) is 12.7. The third kappa shape index (κ3) is 4.00. The Morgan fingerprint density at radius 2 is 1.05 bits per heavy atom. The molecule has 7 aromatic rings. The van der Waals surface area contributed by atoms with E-state index < -0.39 is 0 Å². The van der Waals surface area contributed by atoms with Crippen molar-refractivity contribution in [1.82, 2.24) is 15.0 Å². The van der Waals surface area contributed by atoms with Crippen LogP contribution in [0.1, 0.15) is 0 Å². The van der Waals surface area contributed by atoms with E-state index in [2.05, 4.69) is 114 Å². The number of benzene rings is 5. The fourth-order valence-corrected chi connectivity index (χ4v) is 5.05. The molecule has 0 saturated heterocycles. The molecule has 0 aliphatic heterocycles. The lowest BCUT2D eigenvalue weighted by Gasteiger charge is -2.12. The highest BCUT2D eigenvalue weighted by atomic mass is 14.9. The molecule has 0 bridgehead atoms. The molecule has 0 fully saturated rings. The number of hydrogen-bond donors (Lipinski definition) is 0. The minimum atomic E-state index is 0.701. The van der Waals surface area contributed by atoms with Crippen molar-refractivity contribution >= 4 is 21.5 Å². The van der Waals surface area contributed by atoms with Gasteiger partial charge in [-0.05, 0) is 28.3 Å². The second-order valence-corrected chi connectivity index (χ2v) is 9.31. The van der Waals surface area contributed by atoms with Crippen LogP contribution in [0.4, 0.5) is 0 Å². The van der Waals surface area contributed by atoms with Crippen LogP contribution in [0.15, 0.2) is 140 Å². The summed E-state index contributed by atoms with van der Waals surface area (Å²) in [6.07, 6.45) is 1.87. The van der Waals surface area contributed by atoms with Crippen LogP contribution in [0.25, 0.3) is 66.7 Å². The Morgan fingerprint density at radius 3 is 1.87 bits per heavy atom. The molecule has 178 valence electrons. The maximum Gasteiger partial charge on any atom is 0.160 e. The quantitative estimate of drug-likeness (QED) is 0.250. The fraction of sp³-hybridized carbons (Fsp3) is 0. The minimum Gasteiger partial charge on any atom is -0.256 e. The second kappa shape index (κ2) is 9.38. The zero-order valence-corrected chi connectivity index (χ0v) is 20.6. The lowest BCUT2D eigenvalue weighted by Crippen LogP contribution is -1.96. The molecule has 3 heteroatoms. The lowest BCUT2D eigenvalue weighted by atomic mass is 10.00. The van der Waals surface area contributed by atoms with Gasteiger partial charge in [0.1, 0.15) is 0 Å². The Labute approximate surface area is 221 Å². The smallest absolute Gasteiger partial charge is 0.160 e. The molecule has 2 aromatic heterocycles. The normalized spacial score (nSPS) is 11.2. The van der Waals surface area contributed by atoms with Gasteiger partial charge in [-0.25, -0.2) is 9.97 Å². The highest BCUT2D eigenvalue weighted by Crippen LogP contribution is 2.33. The number of hydrogen-bond acceptors (Lipinski definition) is 3. The van der Waals surface area contributed by atoms with Crippen LogP contribution in [-0.2, 0) is 0 Å². The molecular formula is C35H23N3. The van der Waals surface area contributed by atoms with Gasteiger partial charge in [0.2, 0.25) is 0 Å². The standard InChI is InChI=1S/C35H23N3/c1-2-11-26(12-3-1)32-23-33(31-16-8-13-24-9-4-6-14-29(24)31)38-35(37-32)28-19-17-27(18-20-28)34-30-15-7-5-10-25(30)21-22-36-34/h1-23H. The molecule has 0 aliphatic rings. The molecular weight excluding hydrogens is 462 g/mol. The Kier molecular flexibility index (Phi) is 5.45. The van der Waals surface area contributed by atoms with Crippen LogP contribution in [0.3, 0.4) is 0 Å². The van der Waals surface area contributed by atoms with E-state index in [1.165, 1.54) is 16.2 Å². The number of aromatic nitrogens is 3. The molecule has 5 aromatic carbocycles. The molecule has 0 N–H and O–H groups in total. The Bertz CT molecular complexity index is 1900.